The normalized spacial score (nSPS) is 10.4. The molecule has 2 aromatic rings. The average molecular weight is 245 g/mol. The fraction of sp³-hybridized carbons (Fsp3) is 0.200. The molecule has 18 heavy (non-hydrogen) atoms. The smallest absolute Gasteiger partial charge is 0.127 e. The van der Waals surface area contributed by atoms with Crippen molar-refractivity contribution in [2.45, 2.75) is 13.5 Å². The molecule has 2 nitrogen and oxygen atoms in total. The van der Waals surface area contributed by atoms with E-state index >= 15 is 0 Å². The monoisotopic (exact) mass is 245 g/mol. The molecule has 1 N–H and O–H groups in total. The van der Waals surface area contributed by atoms with E-state index in [-0.39, 0.29) is 5.75 Å². The van der Waals surface area contributed by atoms with Crippen LogP contribution in [0.3, 0.4) is 0 Å². The van der Waals surface area contributed by atoms with Crippen LogP contribution in [0.2, 0.25) is 0 Å². The second-order valence-electron chi connectivity index (χ2n) is 4.51. The summed E-state index contributed by atoms with van der Waals surface area (Å²) in [5, 5.41) is 9.36. The Morgan fingerprint density at radius 3 is 2.61 bits per heavy atom. The molecule has 0 heterocycles. The molecule has 0 unspecified atom stereocenters. The molecular weight excluding hydrogens is 229 g/mol. The predicted octanol–water partition coefficient (Wildman–Crippen LogP) is 3.48. The number of aryl methyl sites for hydroxylation is 1. The molecule has 0 aliphatic heterocycles. The average Bonchev–Trinajstić information content (AvgIpc) is 2.27. The summed E-state index contributed by atoms with van der Waals surface area (Å²) in [6.07, 6.45) is 0. The standard InChI is InChI=1S/C15H16FNO/c1-11-4-3-5-14(6-11)17(2)10-12-7-13(16)9-15(18)8-12/h3-9,18H,10H2,1-2H3. The quantitative estimate of drug-likeness (QED) is 0.895. The highest BCUT2D eigenvalue weighted by atomic mass is 19.1. The third-order valence-corrected chi connectivity index (χ3v) is 2.80. The van der Waals surface area contributed by atoms with Gasteiger partial charge < -0.3 is 10.0 Å². The van der Waals surface area contributed by atoms with Gasteiger partial charge in [-0.25, -0.2) is 4.39 Å². The molecule has 0 aliphatic carbocycles. The molecule has 94 valence electrons. The Hall–Kier alpha value is -2.03. The summed E-state index contributed by atoms with van der Waals surface area (Å²) in [4.78, 5) is 2.02. The molecule has 3 heteroatoms. The molecular formula is C15H16FNO. The van der Waals surface area contributed by atoms with Crippen molar-refractivity contribution in [3.05, 3.63) is 59.4 Å². The number of hydrogen-bond acceptors (Lipinski definition) is 2. The zero-order valence-electron chi connectivity index (χ0n) is 10.5. The largest absolute Gasteiger partial charge is 0.508 e. The van der Waals surface area contributed by atoms with E-state index in [0.717, 1.165) is 17.3 Å². The molecule has 0 saturated heterocycles. The van der Waals surface area contributed by atoms with Crippen LogP contribution in [0.1, 0.15) is 11.1 Å². The van der Waals surface area contributed by atoms with Crippen molar-refractivity contribution in [3.63, 3.8) is 0 Å². The Bertz CT molecular complexity index is 534. The molecule has 0 radical (unpaired) electrons. The number of aromatic hydroxyl groups is 1. The first-order valence-electron chi connectivity index (χ1n) is 5.81. The number of benzene rings is 2. The van der Waals surface area contributed by atoms with Crippen LogP contribution in [0.5, 0.6) is 5.75 Å². The second kappa shape index (κ2) is 5.08. The Labute approximate surface area is 106 Å². The fourth-order valence-electron chi connectivity index (χ4n) is 1.96. The van der Waals surface area contributed by atoms with Gasteiger partial charge in [0.1, 0.15) is 11.6 Å². The van der Waals surface area contributed by atoms with Crippen molar-refractivity contribution in [2.75, 3.05) is 11.9 Å². The van der Waals surface area contributed by atoms with Gasteiger partial charge in [-0.2, -0.15) is 0 Å². The van der Waals surface area contributed by atoms with Gasteiger partial charge in [0.2, 0.25) is 0 Å². The zero-order chi connectivity index (χ0) is 13.1. The molecule has 0 bridgehead atoms. The van der Waals surface area contributed by atoms with E-state index in [0.29, 0.717) is 6.54 Å². The third kappa shape index (κ3) is 3.00. The van der Waals surface area contributed by atoms with E-state index in [2.05, 4.69) is 6.07 Å². The summed E-state index contributed by atoms with van der Waals surface area (Å²) < 4.78 is 13.2. The molecule has 2 rings (SSSR count). The van der Waals surface area contributed by atoms with Crippen LogP contribution in [-0.2, 0) is 6.54 Å². The number of phenols is 1. The topological polar surface area (TPSA) is 23.5 Å². The van der Waals surface area contributed by atoms with Gasteiger partial charge in [-0.1, -0.05) is 12.1 Å². The lowest BCUT2D eigenvalue weighted by atomic mass is 10.1. The van der Waals surface area contributed by atoms with Gasteiger partial charge in [-0.3, -0.25) is 0 Å². The van der Waals surface area contributed by atoms with Crippen molar-refractivity contribution in [2.24, 2.45) is 0 Å². The number of hydrogen-bond donors (Lipinski definition) is 1. The van der Waals surface area contributed by atoms with Crippen molar-refractivity contribution in [1.29, 1.82) is 0 Å². The number of rotatable bonds is 3. The maximum Gasteiger partial charge on any atom is 0.127 e. The minimum absolute atomic E-state index is 0.0392. The highest BCUT2D eigenvalue weighted by Gasteiger charge is 2.05. The second-order valence-corrected chi connectivity index (χ2v) is 4.51. The predicted molar refractivity (Wildman–Crippen MR) is 71.4 cm³/mol. The van der Waals surface area contributed by atoms with Crippen molar-refractivity contribution in [1.82, 2.24) is 0 Å². The Morgan fingerprint density at radius 2 is 1.94 bits per heavy atom. The summed E-state index contributed by atoms with van der Waals surface area (Å²) in [7, 11) is 1.94. The van der Waals surface area contributed by atoms with Gasteiger partial charge in [-0.05, 0) is 42.3 Å². The number of halogens is 1. The summed E-state index contributed by atoms with van der Waals surface area (Å²) in [6.45, 7) is 2.58. The lowest BCUT2D eigenvalue weighted by molar-refractivity contribution is 0.468. The first-order valence-corrected chi connectivity index (χ1v) is 5.81. The van der Waals surface area contributed by atoms with Crippen LogP contribution in [0.15, 0.2) is 42.5 Å². The first-order chi connectivity index (χ1) is 8.54. The summed E-state index contributed by atoms with van der Waals surface area (Å²) >= 11 is 0. The van der Waals surface area contributed by atoms with Gasteiger partial charge in [-0.15, -0.1) is 0 Å². The van der Waals surface area contributed by atoms with Gasteiger partial charge in [0.25, 0.3) is 0 Å². The van der Waals surface area contributed by atoms with Crippen molar-refractivity contribution >= 4 is 5.69 Å². The van der Waals surface area contributed by atoms with Crippen LogP contribution < -0.4 is 4.90 Å². The first kappa shape index (κ1) is 12.4. The molecule has 0 aliphatic rings. The van der Waals surface area contributed by atoms with Crippen LogP contribution in [0.25, 0.3) is 0 Å². The fourth-order valence-corrected chi connectivity index (χ4v) is 1.96. The Balaban J connectivity index is 2.18. The number of nitrogens with zero attached hydrogens (tertiary/aromatic N) is 1. The van der Waals surface area contributed by atoms with E-state index in [1.807, 2.05) is 37.1 Å². The minimum atomic E-state index is -0.414. The maximum atomic E-state index is 13.2. The van der Waals surface area contributed by atoms with Crippen molar-refractivity contribution < 1.29 is 9.50 Å². The molecule has 0 saturated carbocycles. The van der Waals surface area contributed by atoms with E-state index in [1.165, 1.54) is 11.6 Å². The van der Waals surface area contributed by atoms with Crippen LogP contribution in [0, 0.1) is 12.7 Å². The summed E-state index contributed by atoms with van der Waals surface area (Å²) in [6, 6.07) is 12.2. The molecule has 0 aromatic heterocycles. The van der Waals surface area contributed by atoms with E-state index in [1.54, 1.807) is 6.07 Å². The summed E-state index contributed by atoms with van der Waals surface area (Å²) in [5.41, 5.74) is 3.00. The Morgan fingerprint density at radius 1 is 1.17 bits per heavy atom. The van der Waals surface area contributed by atoms with Crippen LogP contribution in [0.4, 0.5) is 10.1 Å². The molecule has 0 spiro atoms. The molecule has 0 amide bonds. The van der Waals surface area contributed by atoms with Crippen LogP contribution >= 0.6 is 0 Å². The molecule has 0 atom stereocenters. The van der Waals surface area contributed by atoms with Gasteiger partial charge in [0, 0.05) is 25.3 Å². The maximum absolute atomic E-state index is 13.2. The van der Waals surface area contributed by atoms with Gasteiger partial charge in [0.15, 0.2) is 0 Å². The lowest BCUT2D eigenvalue weighted by Gasteiger charge is -2.20. The van der Waals surface area contributed by atoms with Gasteiger partial charge in [0.05, 0.1) is 0 Å². The zero-order valence-corrected chi connectivity index (χ0v) is 10.5. The SMILES string of the molecule is Cc1cccc(N(C)Cc2cc(O)cc(F)c2)c1. The highest BCUT2D eigenvalue weighted by Crippen LogP contribution is 2.20. The van der Waals surface area contributed by atoms with E-state index in [4.69, 9.17) is 0 Å². The van der Waals surface area contributed by atoms with Crippen LogP contribution in [-0.4, -0.2) is 12.2 Å². The van der Waals surface area contributed by atoms with Crippen molar-refractivity contribution in [3.8, 4) is 5.75 Å². The summed E-state index contributed by atoms with van der Waals surface area (Å²) in [5.74, 6) is -0.453. The lowest BCUT2D eigenvalue weighted by Crippen LogP contribution is -2.16. The molecule has 2 aromatic carbocycles. The van der Waals surface area contributed by atoms with E-state index < -0.39 is 5.82 Å². The highest BCUT2D eigenvalue weighted by molar-refractivity contribution is 5.48. The Kier molecular flexibility index (Phi) is 3.51. The number of phenolic OH excluding ortho intramolecular Hbond substituents is 1. The van der Waals surface area contributed by atoms with Gasteiger partial charge >= 0.3 is 0 Å². The minimum Gasteiger partial charge on any atom is -0.508 e. The third-order valence-electron chi connectivity index (χ3n) is 2.80. The molecule has 0 fully saturated rings. The number of anilines is 1. The van der Waals surface area contributed by atoms with E-state index in [9.17, 15) is 9.50 Å².